The van der Waals surface area contributed by atoms with Gasteiger partial charge in [-0.1, -0.05) is 30.0 Å². The summed E-state index contributed by atoms with van der Waals surface area (Å²) in [6.07, 6.45) is 1.80. The third kappa shape index (κ3) is 3.76. The Kier molecular flexibility index (Phi) is 4.84. The highest BCUT2D eigenvalue weighted by molar-refractivity contribution is 5.46. The van der Waals surface area contributed by atoms with E-state index in [0.29, 0.717) is 6.73 Å². The Morgan fingerprint density at radius 2 is 1.88 bits per heavy atom. The van der Waals surface area contributed by atoms with Crippen LogP contribution in [0, 0.1) is 11.8 Å². The number of rotatable bonds is 2. The van der Waals surface area contributed by atoms with E-state index in [2.05, 4.69) is 21.7 Å². The van der Waals surface area contributed by atoms with Crippen molar-refractivity contribution in [3.63, 3.8) is 0 Å². The fraction of sp³-hybridized carbons (Fsp3) is 0.350. The number of methoxy groups -OCH3 is 1. The van der Waals surface area contributed by atoms with Gasteiger partial charge in [-0.25, -0.2) is 4.98 Å². The van der Waals surface area contributed by atoms with Crippen LogP contribution in [0.15, 0.2) is 48.7 Å². The van der Waals surface area contributed by atoms with Gasteiger partial charge in [0.25, 0.3) is 0 Å². The molecular weight excluding hydrogens is 300 g/mol. The van der Waals surface area contributed by atoms with E-state index in [9.17, 15) is 0 Å². The lowest BCUT2D eigenvalue weighted by atomic mass is 9.99. The summed E-state index contributed by atoms with van der Waals surface area (Å²) >= 11 is 0. The minimum atomic E-state index is -0.285. The van der Waals surface area contributed by atoms with Gasteiger partial charge >= 0.3 is 0 Å². The standard InChI is InChI=1S/C20H22N2O2/c1-20(2)18(23-3)14-22(15-24-20)19-12-11-17(13-21-19)10-9-16-7-5-4-6-8-16/h4-8,11-13,18H,14-15H2,1-3H3. The van der Waals surface area contributed by atoms with E-state index in [4.69, 9.17) is 9.47 Å². The van der Waals surface area contributed by atoms with Gasteiger partial charge in [0, 0.05) is 24.4 Å². The van der Waals surface area contributed by atoms with Crippen LogP contribution in [0.5, 0.6) is 0 Å². The van der Waals surface area contributed by atoms with E-state index in [1.54, 1.807) is 13.3 Å². The quantitative estimate of drug-likeness (QED) is 0.796. The zero-order chi connectivity index (χ0) is 17.0. The SMILES string of the molecule is COC1CN(c2ccc(C#Cc3ccccc3)cn2)COC1(C)C. The molecular formula is C20H22N2O2. The fourth-order valence-corrected chi connectivity index (χ4v) is 2.64. The Morgan fingerprint density at radius 1 is 1.12 bits per heavy atom. The highest BCUT2D eigenvalue weighted by atomic mass is 16.6. The molecule has 2 aromatic rings. The van der Waals surface area contributed by atoms with Gasteiger partial charge in [0.15, 0.2) is 0 Å². The van der Waals surface area contributed by atoms with Gasteiger partial charge in [-0.15, -0.1) is 0 Å². The number of pyridine rings is 1. The molecule has 1 fully saturated rings. The van der Waals surface area contributed by atoms with Crippen molar-refractivity contribution in [3.8, 4) is 11.8 Å². The first kappa shape index (κ1) is 16.5. The molecule has 0 aliphatic carbocycles. The lowest BCUT2D eigenvalue weighted by Gasteiger charge is -2.43. The average Bonchev–Trinajstić information content (AvgIpc) is 2.61. The first-order chi connectivity index (χ1) is 11.6. The molecule has 1 aromatic heterocycles. The molecule has 124 valence electrons. The normalized spacial score (nSPS) is 19.5. The van der Waals surface area contributed by atoms with Gasteiger partial charge in [0.1, 0.15) is 18.7 Å². The number of anilines is 1. The summed E-state index contributed by atoms with van der Waals surface area (Å²) in [5.74, 6) is 7.15. The second kappa shape index (κ2) is 7.04. The van der Waals surface area contributed by atoms with Crippen molar-refractivity contribution < 1.29 is 9.47 Å². The lowest BCUT2D eigenvalue weighted by molar-refractivity contribution is -0.134. The molecule has 0 spiro atoms. The molecule has 2 heterocycles. The fourth-order valence-electron chi connectivity index (χ4n) is 2.64. The van der Waals surface area contributed by atoms with Crippen LogP contribution in [0.3, 0.4) is 0 Å². The Hall–Kier alpha value is -2.35. The molecule has 24 heavy (non-hydrogen) atoms. The highest BCUT2D eigenvalue weighted by Crippen LogP contribution is 2.26. The van der Waals surface area contributed by atoms with Crippen LogP contribution in [0.25, 0.3) is 0 Å². The van der Waals surface area contributed by atoms with Crippen molar-refractivity contribution in [1.82, 2.24) is 4.98 Å². The number of aromatic nitrogens is 1. The first-order valence-electron chi connectivity index (χ1n) is 8.03. The van der Waals surface area contributed by atoms with E-state index in [0.717, 1.165) is 23.5 Å². The summed E-state index contributed by atoms with van der Waals surface area (Å²) in [4.78, 5) is 6.60. The second-order valence-corrected chi connectivity index (χ2v) is 6.34. The van der Waals surface area contributed by atoms with E-state index in [1.165, 1.54) is 0 Å². The molecule has 1 atom stereocenters. The van der Waals surface area contributed by atoms with Crippen molar-refractivity contribution >= 4 is 5.82 Å². The third-order valence-corrected chi connectivity index (χ3v) is 4.24. The zero-order valence-corrected chi connectivity index (χ0v) is 14.3. The van der Waals surface area contributed by atoms with Crippen LogP contribution < -0.4 is 4.90 Å². The van der Waals surface area contributed by atoms with Crippen molar-refractivity contribution in [2.45, 2.75) is 25.6 Å². The number of hydrogen-bond acceptors (Lipinski definition) is 4. The molecule has 4 nitrogen and oxygen atoms in total. The van der Waals surface area contributed by atoms with Crippen LogP contribution in [0.1, 0.15) is 25.0 Å². The molecule has 1 aliphatic heterocycles. The number of ether oxygens (including phenoxy) is 2. The summed E-state index contributed by atoms with van der Waals surface area (Å²) in [7, 11) is 1.72. The Balaban J connectivity index is 1.70. The average molecular weight is 322 g/mol. The topological polar surface area (TPSA) is 34.6 Å². The molecule has 1 unspecified atom stereocenters. The molecule has 1 aromatic carbocycles. The van der Waals surface area contributed by atoms with Crippen LogP contribution in [0.4, 0.5) is 5.82 Å². The molecule has 0 N–H and O–H groups in total. The van der Waals surface area contributed by atoms with Crippen LogP contribution in [0.2, 0.25) is 0 Å². The minimum Gasteiger partial charge on any atom is -0.377 e. The van der Waals surface area contributed by atoms with Crippen LogP contribution in [-0.2, 0) is 9.47 Å². The van der Waals surface area contributed by atoms with Crippen molar-refractivity contribution in [3.05, 3.63) is 59.8 Å². The summed E-state index contributed by atoms with van der Waals surface area (Å²) in [5.41, 5.74) is 1.60. The van der Waals surface area contributed by atoms with Gasteiger partial charge in [-0.3, -0.25) is 0 Å². The van der Waals surface area contributed by atoms with E-state index >= 15 is 0 Å². The predicted molar refractivity (Wildman–Crippen MR) is 94.8 cm³/mol. The van der Waals surface area contributed by atoms with Gasteiger partial charge in [0.05, 0.1) is 12.1 Å². The maximum Gasteiger partial charge on any atom is 0.130 e. The van der Waals surface area contributed by atoms with Crippen LogP contribution >= 0.6 is 0 Å². The third-order valence-electron chi connectivity index (χ3n) is 4.24. The van der Waals surface area contributed by atoms with Gasteiger partial charge in [-0.2, -0.15) is 0 Å². The zero-order valence-electron chi connectivity index (χ0n) is 14.3. The summed E-state index contributed by atoms with van der Waals surface area (Å²) in [6, 6.07) is 13.9. The molecule has 0 bridgehead atoms. The number of nitrogens with zero attached hydrogens (tertiary/aromatic N) is 2. The number of benzene rings is 1. The second-order valence-electron chi connectivity index (χ2n) is 6.34. The largest absolute Gasteiger partial charge is 0.377 e. The first-order valence-corrected chi connectivity index (χ1v) is 8.03. The van der Waals surface area contributed by atoms with Crippen molar-refractivity contribution in [1.29, 1.82) is 0 Å². The van der Waals surface area contributed by atoms with Gasteiger partial charge in [-0.05, 0) is 38.1 Å². The molecule has 0 amide bonds. The summed E-state index contributed by atoms with van der Waals surface area (Å²) in [5, 5.41) is 0. The highest BCUT2D eigenvalue weighted by Gasteiger charge is 2.37. The maximum atomic E-state index is 5.90. The van der Waals surface area contributed by atoms with Crippen molar-refractivity contribution in [2.24, 2.45) is 0 Å². The Labute approximate surface area is 143 Å². The Bertz CT molecular complexity index is 730. The van der Waals surface area contributed by atoms with Crippen molar-refractivity contribution in [2.75, 3.05) is 25.3 Å². The smallest absolute Gasteiger partial charge is 0.130 e. The molecule has 1 aliphatic rings. The summed E-state index contributed by atoms with van der Waals surface area (Å²) in [6.45, 7) is 5.36. The van der Waals surface area contributed by atoms with E-state index in [-0.39, 0.29) is 11.7 Å². The molecule has 3 rings (SSSR count). The molecule has 1 saturated heterocycles. The lowest BCUT2D eigenvalue weighted by Crippen LogP contribution is -2.55. The monoisotopic (exact) mass is 322 g/mol. The minimum absolute atomic E-state index is 0.00518. The van der Waals surface area contributed by atoms with Gasteiger partial charge in [0.2, 0.25) is 0 Å². The maximum absolute atomic E-state index is 5.90. The van der Waals surface area contributed by atoms with E-state index < -0.39 is 0 Å². The Morgan fingerprint density at radius 3 is 2.54 bits per heavy atom. The van der Waals surface area contributed by atoms with Crippen LogP contribution in [-0.4, -0.2) is 37.1 Å². The number of hydrogen-bond donors (Lipinski definition) is 0. The van der Waals surface area contributed by atoms with E-state index in [1.807, 2.05) is 56.3 Å². The molecule has 4 heteroatoms. The van der Waals surface area contributed by atoms with Gasteiger partial charge < -0.3 is 14.4 Å². The molecule has 0 radical (unpaired) electrons. The predicted octanol–water partition coefficient (Wildman–Crippen LogP) is 3.07. The molecule has 0 saturated carbocycles. The summed E-state index contributed by atoms with van der Waals surface area (Å²) < 4.78 is 11.5.